The predicted molar refractivity (Wildman–Crippen MR) is 30.9 cm³/mol. The molecule has 48 valence electrons. The zero-order chi connectivity index (χ0) is 6.41. The van der Waals surface area contributed by atoms with E-state index in [-0.39, 0.29) is 13.2 Å². The van der Waals surface area contributed by atoms with Crippen LogP contribution in [0.25, 0.3) is 0 Å². The Bertz CT molecular complexity index is 103. The molecule has 0 aromatic heterocycles. The van der Waals surface area contributed by atoms with E-state index in [9.17, 15) is 4.57 Å². The molecular formula is C3H8NO3P. The molecule has 2 N–H and O–H groups in total. The molecule has 1 atom stereocenters. The highest BCUT2D eigenvalue weighted by Crippen LogP contribution is 1.97. The van der Waals surface area contributed by atoms with E-state index in [1.54, 1.807) is 0 Å². The van der Waals surface area contributed by atoms with Gasteiger partial charge < -0.3 is 5.11 Å². The third-order valence-corrected chi connectivity index (χ3v) is 0.713. The maximum Gasteiger partial charge on any atom is 0.248 e. The number of hydroxylamine groups is 1. The summed E-state index contributed by atoms with van der Waals surface area (Å²) in [4.78, 5) is 0. The Kier molecular flexibility index (Phi) is 4.90. The van der Waals surface area contributed by atoms with E-state index < -0.39 is 7.65 Å². The Morgan fingerprint density at radius 3 is 2.88 bits per heavy atom. The number of aliphatic hydroxyl groups excluding tert-OH is 1. The topological polar surface area (TPSA) is 58.6 Å². The smallest absolute Gasteiger partial charge is 0.248 e. The first-order valence-corrected chi connectivity index (χ1v) is 3.42. The van der Waals surface area contributed by atoms with Gasteiger partial charge in [0.15, 0.2) is 0 Å². The fraction of sp³-hybridized carbons (Fsp3) is 0.667. The fourth-order valence-corrected chi connectivity index (χ4v) is 0.399. The second-order valence-corrected chi connectivity index (χ2v) is 1.89. The number of nitrogens with one attached hydrogen (secondary N) is 1. The first kappa shape index (κ1) is 7.85. The van der Waals surface area contributed by atoms with Crippen LogP contribution < -0.4 is 5.48 Å². The average molecular weight is 137 g/mol. The van der Waals surface area contributed by atoms with E-state index in [4.69, 9.17) is 5.11 Å². The molecule has 0 aliphatic carbocycles. The van der Waals surface area contributed by atoms with Gasteiger partial charge in [-0.25, -0.2) is 9.19 Å². The van der Waals surface area contributed by atoms with Crippen molar-refractivity contribution in [3.63, 3.8) is 0 Å². The van der Waals surface area contributed by atoms with Gasteiger partial charge in [-0.1, -0.05) is 0 Å². The van der Waals surface area contributed by atoms with Gasteiger partial charge in [0, 0.05) is 6.54 Å². The Labute approximate surface area is 47.9 Å². The van der Waals surface area contributed by atoms with Gasteiger partial charge in [0.05, 0.1) is 6.61 Å². The van der Waals surface area contributed by atoms with Crippen LogP contribution in [0.3, 0.4) is 0 Å². The highest BCUT2D eigenvalue weighted by Gasteiger charge is 1.80. The molecule has 0 radical (unpaired) electrons. The molecule has 0 rings (SSSR count). The lowest BCUT2D eigenvalue weighted by molar-refractivity contribution is 0.179. The van der Waals surface area contributed by atoms with Crippen LogP contribution in [0, 0.1) is 0 Å². The molecule has 0 saturated heterocycles. The summed E-state index contributed by atoms with van der Waals surface area (Å²) in [7, 11) is -1.83. The minimum atomic E-state index is -1.83. The molecule has 0 aliphatic heterocycles. The first-order chi connectivity index (χ1) is 3.77. The Hall–Kier alpha value is -0.150. The van der Waals surface area contributed by atoms with Crippen molar-refractivity contribution in [1.29, 1.82) is 0 Å². The molecule has 0 fully saturated rings. The lowest BCUT2D eigenvalue weighted by Crippen LogP contribution is -2.13. The van der Waals surface area contributed by atoms with E-state index in [1.807, 2.05) is 0 Å². The lowest BCUT2D eigenvalue weighted by atomic mass is 10.8. The zero-order valence-electron chi connectivity index (χ0n) is 4.33. The summed E-state index contributed by atoms with van der Waals surface area (Å²) >= 11 is 0. The maximum atomic E-state index is 9.99. The first-order valence-electron chi connectivity index (χ1n) is 2.06. The largest absolute Gasteiger partial charge is 0.395 e. The van der Waals surface area contributed by atoms with Crippen LogP contribution in [0.15, 0.2) is 0 Å². The summed E-state index contributed by atoms with van der Waals surface area (Å²) in [5.41, 5.74) is 2.24. The van der Waals surface area contributed by atoms with E-state index in [1.165, 1.54) is 0 Å². The summed E-state index contributed by atoms with van der Waals surface area (Å²) in [6.45, 7) is 0.236. The van der Waals surface area contributed by atoms with Crippen molar-refractivity contribution in [3.05, 3.63) is 0 Å². The van der Waals surface area contributed by atoms with Crippen molar-refractivity contribution in [2.75, 3.05) is 13.2 Å². The van der Waals surface area contributed by atoms with Crippen LogP contribution in [0.5, 0.6) is 0 Å². The summed E-state index contributed by atoms with van der Waals surface area (Å²) in [5, 5.41) is 8.12. The Balaban J connectivity index is 2.94. The van der Waals surface area contributed by atoms with Crippen LogP contribution in [0.1, 0.15) is 0 Å². The Morgan fingerprint density at radius 1 is 1.88 bits per heavy atom. The molecule has 0 aromatic carbocycles. The van der Waals surface area contributed by atoms with E-state index in [0.29, 0.717) is 0 Å². The van der Waals surface area contributed by atoms with Crippen LogP contribution in [0.4, 0.5) is 0 Å². The highest BCUT2D eigenvalue weighted by atomic mass is 31.1. The molecule has 8 heavy (non-hydrogen) atoms. The van der Waals surface area contributed by atoms with Crippen molar-refractivity contribution < 1.29 is 14.3 Å². The van der Waals surface area contributed by atoms with Crippen molar-refractivity contribution in [2.45, 2.75) is 0 Å². The predicted octanol–water partition coefficient (Wildman–Crippen LogP) is -0.326. The number of aliphatic hydroxyl groups is 1. The van der Waals surface area contributed by atoms with E-state index >= 15 is 0 Å². The standard InChI is InChI=1S/C3H8NO3P/c1-8(6)7-4-2-3-5/h4-5H,1-3H2. The Morgan fingerprint density at radius 2 is 2.50 bits per heavy atom. The van der Waals surface area contributed by atoms with Gasteiger partial charge in [0.25, 0.3) is 0 Å². The van der Waals surface area contributed by atoms with Gasteiger partial charge in [-0.2, -0.15) is 5.48 Å². The minimum absolute atomic E-state index is 0.0385. The van der Waals surface area contributed by atoms with Gasteiger partial charge in [0.1, 0.15) is 0 Å². The van der Waals surface area contributed by atoms with Crippen molar-refractivity contribution in [1.82, 2.24) is 5.48 Å². The molecule has 0 aliphatic rings. The van der Waals surface area contributed by atoms with E-state index in [0.717, 1.165) is 0 Å². The van der Waals surface area contributed by atoms with Gasteiger partial charge in [-0.3, -0.25) is 0 Å². The van der Waals surface area contributed by atoms with Gasteiger partial charge in [0.2, 0.25) is 7.65 Å². The van der Waals surface area contributed by atoms with Gasteiger partial charge in [-0.05, 0) is 6.30 Å². The zero-order valence-corrected chi connectivity index (χ0v) is 5.23. The molecule has 0 heterocycles. The summed E-state index contributed by atoms with van der Waals surface area (Å²) in [6, 6.07) is 0. The normalized spacial score (nSPS) is 11.4. The highest BCUT2D eigenvalue weighted by molar-refractivity contribution is 7.37. The summed E-state index contributed by atoms with van der Waals surface area (Å²) < 4.78 is 14.3. The van der Waals surface area contributed by atoms with Crippen molar-refractivity contribution >= 4 is 14.0 Å². The quantitative estimate of drug-likeness (QED) is 0.316. The van der Waals surface area contributed by atoms with Crippen LogP contribution in [-0.2, 0) is 9.19 Å². The molecule has 0 saturated carbocycles. The van der Waals surface area contributed by atoms with Gasteiger partial charge in [-0.15, -0.1) is 0 Å². The second-order valence-electron chi connectivity index (χ2n) is 1.04. The fourth-order valence-electron chi connectivity index (χ4n) is 0.163. The molecular weight excluding hydrogens is 129 g/mol. The van der Waals surface area contributed by atoms with Gasteiger partial charge >= 0.3 is 0 Å². The maximum absolute atomic E-state index is 9.99. The molecule has 0 amide bonds. The van der Waals surface area contributed by atoms with E-state index in [2.05, 4.69) is 16.4 Å². The molecule has 1 unspecified atom stereocenters. The van der Waals surface area contributed by atoms with Crippen molar-refractivity contribution in [2.24, 2.45) is 0 Å². The third-order valence-electron chi connectivity index (χ3n) is 0.380. The van der Waals surface area contributed by atoms with Crippen LogP contribution in [0.2, 0.25) is 0 Å². The number of hydrogen-bond donors (Lipinski definition) is 2. The third kappa shape index (κ3) is 5.85. The summed E-state index contributed by atoms with van der Waals surface area (Å²) in [6.07, 6.45) is 3.05. The molecule has 0 spiro atoms. The number of hydrogen-bond acceptors (Lipinski definition) is 4. The average Bonchev–Trinajstić information content (AvgIpc) is 1.66. The lowest BCUT2D eigenvalue weighted by Gasteiger charge is -1.92. The second kappa shape index (κ2) is 5.00. The molecule has 0 aromatic rings. The molecule has 0 bridgehead atoms. The number of rotatable bonds is 4. The van der Waals surface area contributed by atoms with Crippen LogP contribution >= 0.6 is 7.65 Å². The molecule has 4 nitrogen and oxygen atoms in total. The monoisotopic (exact) mass is 137 g/mol. The summed E-state index contributed by atoms with van der Waals surface area (Å²) in [5.74, 6) is 0. The minimum Gasteiger partial charge on any atom is -0.395 e. The van der Waals surface area contributed by atoms with Crippen LogP contribution in [-0.4, -0.2) is 24.6 Å². The van der Waals surface area contributed by atoms with Crippen molar-refractivity contribution in [3.8, 4) is 0 Å². The SMILES string of the molecule is C=P(=O)ONCCO. The molecule has 5 heteroatoms.